The lowest BCUT2D eigenvalue weighted by atomic mass is 10.3. The third-order valence-electron chi connectivity index (χ3n) is 2.06. The van der Waals surface area contributed by atoms with Gasteiger partial charge in [-0.15, -0.1) is 0 Å². The van der Waals surface area contributed by atoms with Crippen LogP contribution in [-0.2, 0) is 0 Å². The summed E-state index contributed by atoms with van der Waals surface area (Å²) in [6, 6.07) is 3.62. The van der Waals surface area contributed by atoms with Gasteiger partial charge in [0.25, 0.3) is 0 Å². The fourth-order valence-electron chi connectivity index (χ4n) is 1.21. The van der Waals surface area contributed by atoms with Crippen LogP contribution in [0.15, 0.2) is 28.9 Å². The van der Waals surface area contributed by atoms with Crippen LogP contribution in [0, 0.1) is 11.6 Å². The van der Waals surface area contributed by atoms with Gasteiger partial charge in [-0.25, -0.2) is 13.8 Å². The molecule has 3 nitrogen and oxygen atoms in total. The standard InChI is InChI=1S/C11H6BrClF2N2O/c12-10-7(2-1-6(14)11(10)15)18-8-4-17-9(16)3-5(8)13/h1-4H,(H2,16,17). The van der Waals surface area contributed by atoms with Crippen molar-refractivity contribution in [2.45, 2.75) is 0 Å². The Morgan fingerprint density at radius 3 is 2.67 bits per heavy atom. The minimum Gasteiger partial charge on any atom is -0.453 e. The molecule has 18 heavy (non-hydrogen) atoms. The summed E-state index contributed by atoms with van der Waals surface area (Å²) in [6.45, 7) is 0. The molecular weight excluding hydrogens is 329 g/mol. The molecule has 0 aliphatic carbocycles. The van der Waals surface area contributed by atoms with Crippen molar-refractivity contribution in [1.82, 2.24) is 4.98 Å². The maximum atomic E-state index is 13.3. The van der Waals surface area contributed by atoms with Gasteiger partial charge in [0.05, 0.1) is 15.7 Å². The van der Waals surface area contributed by atoms with E-state index < -0.39 is 11.6 Å². The van der Waals surface area contributed by atoms with E-state index in [-0.39, 0.29) is 26.8 Å². The summed E-state index contributed by atoms with van der Waals surface area (Å²) in [5.41, 5.74) is 5.42. The molecule has 1 heterocycles. The zero-order valence-corrected chi connectivity index (χ0v) is 11.1. The van der Waals surface area contributed by atoms with Crippen molar-refractivity contribution in [3.63, 3.8) is 0 Å². The van der Waals surface area contributed by atoms with Gasteiger partial charge in [-0.1, -0.05) is 11.6 Å². The van der Waals surface area contributed by atoms with Gasteiger partial charge in [-0.2, -0.15) is 0 Å². The first-order valence-corrected chi connectivity index (χ1v) is 5.88. The van der Waals surface area contributed by atoms with Crippen LogP contribution in [0.1, 0.15) is 0 Å². The van der Waals surface area contributed by atoms with E-state index in [2.05, 4.69) is 20.9 Å². The molecule has 0 radical (unpaired) electrons. The normalized spacial score (nSPS) is 10.4. The quantitative estimate of drug-likeness (QED) is 0.839. The second-order valence-corrected chi connectivity index (χ2v) is 4.52. The summed E-state index contributed by atoms with van der Waals surface area (Å²) in [5.74, 6) is -1.50. The molecule has 7 heteroatoms. The highest BCUT2D eigenvalue weighted by Gasteiger charge is 2.14. The lowest BCUT2D eigenvalue weighted by Gasteiger charge is -2.09. The van der Waals surface area contributed by atoms with E-state index in [9.17, 15) is 8.78 Å². The molecule has 0 atom stereocenters. The molecule has 0 saturated carbocycles. The van der Waals surface area contributed by atoms with Crippen LogP contribution in [0.5, 0.6) is 11.5 Å². The number of aromatic nitrogens is 1. The van der Waals surface area contributed by atoms with Gasteiger partial charge in [0.1, 0.15) is 11.6 Å². The van der Waals surface area contributed by atoms with Crippen LogP contribution in [-0.4, -0.2) is 4.98 Å². The van der Waals surface area contributed by atoms with Crippen LogP contribution < -0.4 is 10.5 Å². The third-order valence-corrected chi connectivity index (χ3v) is 3.09. The molecule has 0 aliphatic heterocycles. The molecule has 0 fully saturated rings. The monoisotopic (exact) mass is 334 g/mol. The lowest BCUT2D eigenvalue weighted by Crippen LogP contribution is -1.94. The smallest absolute Gasteiger partial charge is 0.176 e. The van der Waals surface area contributed by atoms with Gasteiger partial charge in [-0.3, -0.25) is 0 Å². The predicted molar refractivity (Wildman–Crippen MR) is 67.8 cm³/mol. The first-order chi connectivity index (χ1) is 8.49. The molecule has 2 aromatic rings. The van der Waals surface area contributed by atoms with Crippen molar-refractivity contribution in [2.24, 2.45) is 0 Å². The Labute approximate surface area is 115 Å². The third kappa shape index (κ3) is 2.54. The maximum absolute atomic E-state index is 13.3. The molecule has 1 aromatic carbocycles. The molecule has 0 spiro atoms. The van der Waals surface area contributed by atoms with E-state index in [4.69, 9.17) is 22.1 Å². The van der Waals surface area contributed by atoms with Crippen molar-refractivity contribution >= 4 is 33.3 Å². The van der Waals surface area contributed by atoms with Crippen molar-refractivity contribution in [1.29, 1.82) is 0 Å². The molecule has 94 valence electrons. The summed E-state index contributed by atoms with van der Waals surface area (Å²) in [6.07, 6.45) is 1.30. The zero-order chi connectivity index (χ0) is 13.3. The number of rotatable bonds is 2. The van der Waals surface area contributed by atoms with Crippen LogP contribution in [0.2, 0.25) is 5.02 Å². The van der Waals surface area contributed by atoms with E-state index in [0.29, 0.717) is 0 Å². The van der Waals surface area contributed by atoms with E-state index in [0.717, 1.165) is 6.07 Å². The molecule has 1 aromatic heterocycles. The number of anilines is 1. The van der Waals surface area contributed by atoms with Gasteiger partial charge in [0.15, 0.2) is 17.4 Å². The largest absolute Gasteiger partial charge is 0.453 e. The topological polar surface area (TPSA) is 48.1 Å². The van der Waals surface area contributed by atoms with Crippen molar-refractivity contribution in [3.05, 3.63) is 45.5 Å². The first-order valence-electron chi connectivity index (χ1n) is 4.71. The number of benzene rings is 1. The van der Waals surface area contributed by atoms with Crippen LogP contribution in [0.3, 0.4) is 0 Å². The number of nitrogens with two attached hydrogens (primary N) is 1. The Hall–Kier alpha value is -1.40. The Morgan fingerprint density at radius 2 is 2.00 bits per heavy atom. The Bertz CT molecular complexity index is 610. The van der Waals surface area contributed by atoms with Crippen molar-refractivity contribution < 1.29 is 13.5 Å². The highest BCUT2D eigenvalue weighted by Crippen LogP contribution is 2.35. The summed E-state index contributed by atoms with van der Waals surface area (Å²) in [7, 11) is 0. The minimum atomic E-state index is -1.04. The molecule has 0 aliphatic rings. The molecule has 2 rings (SSSR count). The van der Waals surface area contributed by atoms with E-state index in [1.165, 1.54) is 18.3 Å². The van der Waals surface area contributed by atoms with Gasteiger partial charge in [0.2, 0.25) is 0 Å². The molecule has 0 amide bonds. The van der Waals surface area contributed by atoms with E-state index in [1.54, 1.807) is 0 Å². The van der Waals surface area contributed by atoms with Crippen LogP contribution >= 0.6 is 27.5 Å². The number of nitrogen functional groups attached to an aromatic ring is 1. The summed E-state index contributed by atoms with van der Waals surface area (Å²) in [4.78, 5) is 3.79. The van der Waals surface area contributed by atoms with Gasteiger partial charge >= 0.3 is 0 Å². The van der Waals surface area contributed by atoms with Crippen LogP contribution in [0.4, 0.5) is 14.6 Å². The van der Waals surface area contributed by atoms with E-state index >= 15 is 0 Å². The molecule has 0 unspecified atom stereocenters. The Morgan fingerprint density at radius 1 is 1.28 bits per heavy atom. The first kappa shape index (κ1) is 13.0. The average molecular weight is 336 g/mol. The SMILES string of the molecule is Nc1cc(Cl)c(Oc2ccc(F)c(F)c2Br)cn1. The molecule has 0 bridgehead atoms. The number of hydrogen-bond donors (Lipinski definition) is 1. The van der Waals surface area contributed by atoms with Crippen molar-refractivity contribution in [3.8, 4) is 11.5 Å². The second-order valence-electron chi connectivity index (χ2n) is 3.32. The van der Waals surface area contributed by atoms with Gasteiger partial charge in [0, 0.05) is 6.07 Å². The molecule has 2 N–H and O–H groups in total. The number of halogens is 4. The van der Waals surface area contributed by atoms with Crippen molar-refractivity contribution in [2.75, 3.05) is 5.73 Å². The summed E-state index contributed by atoms with van der Waals surface area (Å²) >= 11 is 8.77. The number of pyridine rings is 1. The molecule has 0 saturated heterocycles. The highest BCUT2D eigenvalue weighted by atomic mass is 79.9. The summed E-state index contributed by atoms with van der Waals surface area (Å²) < 4.78 is 31.4. The maximum Gasteiger partial charge on any atom is 0.176 e. The Kier molecular flexibility index (Phi) is 3.68. The fourth-order valence-corrected chi connectivity index (χ4v) is 1.82. The molecular formula is C11H6BrClF2N2O. The number of ether oxygens (including phenoxy) is 1. The number of nitrogens with zero attached hydrogens (tertiary/aromatic N) is 1. The van der Waals surface area contributed by atoms with Gasteiger partial charge in [-0.05, 0) is 28.1 Å². The number of hydrogen-bond acceptors (Lipinski definition) is 3. The van der Waals surface area contributed by atoms with Crippen LogP contribution in [0.25, 0.3) is 0 Å². The van der Waals surface area contributed by atoms with E-state index in [1.807, 2.05) is 0 Å². The average Bonchev–Trinajstić information content (AvgIpc) is 2.33. The lowest BCUT2D eigenvalue weighted by molar-refractivity contribution is 0.454. The zero-order valence-electron chi connectivity index (χ0n) is 8.75. The fraction of sp³-hybridized carbons (Fsp3) is 0. The highest BCUT2D eigenvalue weighted by molar-refractivity contribution is 9.10. The Balaban J connectivity index is 2.37. The van der Waals surface area contributed by atoms with Gasteiger partial charge < -0.3 is 10.5 Å². The second kappa shape index (κ2) is 5.07. The summed E-state index contributed by atoms with van der Waals surface area (Å²) in [5, 5.41) is 0.221. The minimum absolute atomic E-state index is 0.0855. The predicted octanol–water partition coefficient (Wildman–Crippen LogP) is 4.15.